The van der Waals surface area contributed by atoms with Gasteiger partial charge in [0.1, 0.15) is 6.29 Å². The first kappa shape index (κ1) is 9.98. The summed E-state index contributed by atoms with van der Waals surface area (Å²) in [7, 11) is 0. The molecule has 0 aromatic heterocycles. The molecule has 0 amide bonds. The van der Waals surface area contributed by atoms with Crippen LogP contribution in [0.1, 0.15) is 20.8 Å². The number of carbonyl (C=O) groups is 1. The van der Waals surface area contributed by atoms with Gasteiger partial charge in [0.05, 0.1) is 6.04 Å². The molecule has 60 valence electrons. The van der Waals surface area contributed by atoms with Crippen LogP contribution in [-0.2, 0) is 4.79 Å². The second-order valence-corrected chi connectivity index (χ2v) is 3.68. The second kappa shape index (κ2) is 3.98. The lowest BCUT2D eigenvalue weighted by molar-refractivity contribution is -0.109. The zero-order valence-corrected chi connectivity index (χ0v) is 7.61. The third kappa shape index (κ3) is 4.82. The fourth-order valence-corrected chi connectivity index (χ4v) is 0.856. The van der Waals surface area contributed by atoms with Gasteiger partial charge in [-0.25, -0.2) is 0 Å². The number of rotatable bonds is 3. The Hall–Kier alpha value is -0.0200. The Morgan fingerprint density at radius 2 is 2.10 bits per heavy atom. The van der Waals surface area contributed by atoms with Gasteiger partial charge in [-0.3, -0.25) is 0 Å². The van der Waals surface area contributed by atoms with Crippen LogP contribution < -0.4 is 5.32 Å². The normalized spacial score (nSPS) is 14.8. The molecular weight excluding hydrogens is 146 g/mol. The highest BCUT2D eigenvalue weighted by Gasteiger charge is 2.14. The van der Waals surface area contributed by atoms with Crippen molar-refractivity contribution in [1.82, 2.24) is 5.32 Å². The van der Waals surface area contributed by atoms with Gasteiger partial charge in [0.25, 0.3) is 0 Å². The van der Waals surface area contributed by atoms with Crippen molar-refractivity contribution in [2.24, 2.45) is 0 Å². The number of hydrogen-bond acceptors (Lipinski definition) is 3. The van der Waals surface area contributed by atoms with Crippen LogP contribution in [0.3, 0.4) is 0 Å². The summed E-state index contributed by atoms with van der Waals surface area (Å²) >= 11 is 4.01. The quantitative estimate of drug-likeness (QED) is 0.475. The van der Waals surface area contributed by atoms with Crippen molar-refractivity contribution in [3.63, 3.8) is 0 Å². The Labute approximate surface area is 67.8 Å². The van der Waals surface area contributed by atoms with Crippen LogP contribution >= 0.6 is 12.6 Å². The Morgan fingerprint density at radius 1 is 1.60 bits per heavy atom. The summed E-state index contributed by atoms with van der Waals surface area (Å²) in [5.74, 6) is 0.556. The molecule has 0 bridgehead atoms. The Kier molecular flexibility index (Phi) is 3.98. The molecule has 1 N–H and O–H groups in total. The van der Waals surface area contributed by atoms with Crippen LogP contribution in [0.15, 0.2) is 0 Å². The predicted octanol–water partition coefficient (Wildman–Crippen LogP) is 0.872. The van der Waals surface area contributed by atoms with E-state index in [0.717, 1.165) is 6.29 Å². The highest BCUT2D eigenvalue weighted by Crippen LogP contribution is 2.00. The average Bonchev–Trinajstić information content (AvgIpc) is 1.81. The third-order valence-electron chi connectivity index (χ3n) is 0.979. The van der Waals surface area contributed by atoms with E-state index >= 15 is 0 Å². The number of thiol groups is 1. The first-order valence-corrected chi connectivity index (χ1v) is 3.96. The summed E-state index contributed by atoms with van der Waals surface area (Å²) in [5, 5.41) is 3.11. The summed E-state index contributed by atoms with van der Waals surface area (Å²) in [6.45, 7) is 6.06. The molecular formula is C7H15NOS. The standard InChI is InChI=1S/C7H15NOS/c1-7(2,3)8-6(4-9)5-10/h4,6,8,10H,5H2,1-3H3/t6-/m0/s1. The molecule has 0 aromatic carbocycles. The van der Waals surface area contributed by atoms with Gasteiger partial charge < -0.3 is 10.1 Å². The van der Waals surface area contributed by atoms with Gasteiger partial charge in [-0.05, 0) is 20.8 Å². The molecule has 1 atom stereocenters. The molecule has 10 heavy (non-hydrogen) atoms. The van der Waals surface area contributed by atoms with E-state index in [9.17, 15) is 4.79 Å². The second-order valence-electron chi connectivity index (χ2n) is 3.32. The van der Waals surface area contributed by atoms with Gasteiger partial charge in [0.2, 0.25) is 0 Å². The molecule has 0 aromatic rings. The average molecular weight is 161 g/mol. The molecule has 0 saturated heterocycles. The molecule has 0 fully saturated rings. The zero-order chi connectivity index (χ0) is 8.20. The highest BCUT2D eigenvalue weighted by molar-refractivity contribution is 7.80. The van der Waals surface area contributed by atoms with Crippen molar-refractivity contribution in [3.8, 4) is 0 Å². The molecule has 0 heterocycles. The molecule has 3 heteroatoms. The topological polar surface area (TPSA) is 29.1 Å². The monoisotopic (exact) mass is 161 g/mol. The maximum Gasteiger partial charge on any atom is 0.137 e. The van der Waals surface area contributed by atoms with Crippen molar-refractivity contribution < 1.29 is 4.79 Å². The lowest BCUT2D eigenvalue weighted by Gasteiger charge is -2.23. The van der Waals surface area contributed by atoms with Crippen LogP contribution in [0.5, 0.6) is 0 Å². The molecule has 0 aliphatic rings. The van der Waals surface area contributed by atoms with Crippen molar-refractivity contribution in [2.75, 3.05) is 5.75 Å². The number of aldehydes is 1. The molecule has 0 rings (SSSR count). The van der Waals surface area contributed by atoms with Gasteiger partial charge in [0, 0.05) is 11.3 Å². The van der Waals surface area contributed by atoms with E-state index in [1.165, 1.54) is 0 Å². The fourth-order valence-electron chi connectivity index (χ4n) is 0.679. The predicted molar refractivity (Wildman–Crippen MR) is 46.6 cm³/mol. The largest absolute Gasteiger partial charge is 0.302 e. The van der Waals surface area contributed by atoms with E-state index in [4.69, 9.17) is 0 Å². The van der Waals surface area contributed by atoms with Crippen molar-refractivity contribution in [3.05, 3.63) is 0 Å². The van der Waals surface area contributed by atoms with Crippen LogP contribution in [-0.4, -0.2) is 23.6 Å². The molecule has 0 spiro atoms. The van der Waals surface area contributed by atoms with Gasteiger partial charge in [0.15, 0.2) is 0 Å². The van der Waals surface area contributed by atoms with Gasteiger partial charge >= 0.3 is 0 Å². The van der Waals surface area contributed by atoms with Crippen LogP contribution in [0, 0.1) is 0 Å². The molecule has 0 aliphatic carbocycles. The first-order valence-electron chi connectivity index (χ1n) is 3.33. The summed E-state index contributed by atoms with van der Waals surface area (Å²) in [6, 6.07) is -0.122. The lowest BCUT2D eigenvalue weighted by Crippen LogP contribution is -2.45. The van der Waals surface area contributed by atoms with Gasteiger partial charge in [-0.15, -0.1) is 0 Å². The summed E-state index contributed by atoms with van der Waals surface area (Å²) in [4.78, 5) is 10.3. The van der Waals surface area contributed by atoms with E-state index in [1.54, 1.807) is 0 Å². The third-order valence-corrected chi connectivity index (χ3v) is 1.37. The number of nitrogens with one attached hydrogen (secondary N) is 1. The SMILES string of the molecule is CC(C)(C)N[C@@H](C=O)CS. The Bertz CT molecular complexity index is 109. The minimum atomic E-state index is -0.122. The van der Waals surface area contributed by atoms with Gasteiger partial charge in [-0.2, -0.15) is 12.6 Å². The number of carbonyl (C=O) groups excluding carboxylic acids is 1. The lowest BCUT2D eigenvalue weighted by atomic mass is 10.1. The summed E-state index contributed by atoms with van der Waals surface area (Å²) < 4.78 is 0. The molecule has 0 saturated carbocycles. The van der Waals surface area contributed by atoms with Crippen LogP contribution in [0.4, 0.5) is 0 Å². The summed E-state index contributed by atoms with van der Waals surface area (Å²) in [5.41, 5.74) is -0.00565. The maximum atomic E-state index is 10.3. The first-order chi connectivity index (χ1) is 4.49. The zero-order valence-electron chi connectivity index (χ0n) is 6.72. The maximum absolute atomic E-state index is 10.3. The van der Waals surface area contributed by atoms with E-state index < -0.39 is 0 Å². The molecule has 2 nitrogen and oxygen atoms in total. The number of hydrogen-bond donors (Lipinski definition) is 2. The van der Waals surface area contributed by atoms with E-state index in [1.807, 2.05) is 20.8 Å². The molecule has 0 aliphatic heterocycles. The minimum absolute atomic E-state index is 0.00565. The Balaban J connectivity index is 3.74. The van der Waals surface area contributed by atoms with E-state index in [-0.39, 0.29) is 11.6 Å². The van der Waals surface area contributed by atoms with E-state index in [0.29, 0.717) is 5.75 Å². The van der Waals surface area contributed by atoms with Crippen LogP contribution in [0.2, 0.25) is 0 Å². The minimum Gasteiger partial charge on any atom is -0.302 e. The molecule has 0 radical (unpaired) electrons. The van der Waals surface area contributed by atoms with Crippen molar-refractivity contribution >= 4 is 18.9 Å². The van der Waals surface area contributed by atoms with Crippen molar-refractivity contribution in [2.45, 2.75) is 32.4 Å². The van der Waals surface area contributed by atoms with Crippen molar-refractivity contribution in [1.29, 1.82) is 0 Å². The smallest absolute Gasteiger partial charge is 0.137 e. The fraction of sp³-hybridized carbons (Fsp3) is 0.857. The Morgan fingerprint density at radius 3 is 2.20 bits per heavy atom. The van der Waals surface area contributed by atoms with Gasteiger partial charge in [-0.1, -0.05) is 0 Å². The summed E-state index contributed by atoms with van der Waals surface area (Å²) in [6.07, 6.45) is 0.887. The highest BCUT2D eigenvalue weighted by atomic mass is 32.1. The van der Waals surface area contributed by atoms with Crippen LogP contribution in [0.25, 0.3) is 0 Å². The molecule has 0 unspecified atom stereocenters. The van der Waals surface area contributed by atoms with E-state index in [2.05, 4.69) is 17.9 Å².